The standard InChI is InChI=1S/C26H32N8O3S/c1-32-7-8-33(23(35)15-32)14-18-10-17-4-3-6-34(24(17)31-25(18)37-2)26(36)30-22-11-21(19(12-27)13-28-22)29-20-5-9-38-16-20/h10-11,13,20H,3-9,14-16H2,1-2H3,(H2,28,29,30,36). The molecule has 3 amide bonds. The minimum Gasteiger partial charge on any atom is -0.481 e. The maximum absolute atomic E-state index is 13.4. The van der Waals surface area contributed by atoms with Gasteiger partial charge in [-0.05, 0) is 43.7 Å². The average Bonchev–Trinajstić information content (AvgIpc) is 3.42. The van der Waals surface area contributed by atoms with Crippen molar-refractivity contribution in [3.8, 4) is 11.9 Å². The molecule has 2 saturated heterocycles. The number of fused-ring (bicyclic) bond motifs is 1. The van der Waals surface area contributed by atoms with Crippen LogP contribution in [0.15, 0.2) is 18.3 Å². The zero-order valence-electron chi connectivity index (χ0n) is 21.7. The van der Waals surface area contributed by atoms with Gasteiger partial charge in [0.2, 0.25) is 11.8 Å². The number of carbonyl (C=O) groups is 2. The summed E-state index contributed by atoms with van der Waals surface area (Å²) in [5.74, 6) is 3.48. The van der Waals surface area contributed by atoms with Gasteiger partial charge in [0.15, 0.2) is 0 Å². The van der Waals surface area contributed by atoms with E-state index in [1.54, 1.807) is 18.1 Å². The summed E-state index contributed by atoms with van der Waals surface area (Å²) in [5, 5.41) is 15.8. The minimum absolute atomic E-state index is 0.0787. The lowest BCUT2D eigenvalue weighted by Crippen LogP contribution is -2.48. The molecule has 12 heteroatoms. The topological polar surface area (TPSA) is 127 Å². The van der Waals surface area contributed by atoms with E-state index in [4.69, 9.17) is 9.72 Å². The Morgan fingerprint density at radius 2 is 2.18 bits per heavy atom. The number of anilines is 3. The molecule has 2 fully saturated rings. The number of nitrogens with one attached hydrogen (secondary N) is 2. The summed E-state index contributed by atoms with van der Waals surface area (Å²) < 4.78 is 5.59. The van der Waals surface area contributed by atoms with Crippen LogP contribution in [0.3, 0.4) is 0 Å². The highest BCUT2D eigenvalue weighted by Gasteiger charge is 2.29. The normalized spacial score (nSPS) is 19.6. The third-order valence-electron chi connectivity index (χ3n) is 7.06. The van der Waals surface area contributed by atoms with Gasteiger partial charge >= 0.3 is 6.03 Å². The largest absolute Gasteiger partial charge is 0.481 e. The Morgan fingerprint density at radius 1 is 1.32 bits per heavy atom. The first kappa shape index (κ1) is 26.1. The summed E-state index contributed by atoms with van der Waals surface area (Å²) >= 11 is 1.88. The Kier molecular flexibility index (Phi) is 7.85. The molecule has 0 aromatic carbocycles. The summed E-state index contributed by atoms with van der Waals surface area (Å²) in [6.07, 6.45) is 4.08. The fourth-order valence-corrected chi connectivity index (χ4v) is 6.14. The molecular weight excluding hydrogens is 504 g/mol. The SMILES string of the molecule is COc1nc2c(cc1CN1CCN(C)CC1=O)CCCN2C(=O)Nc1cc(NC2CCSC2)c(C#N)cn1. The van der Waals surface area contributed by atoms with Crippen LogP contribution >= 0.6 is 11.8 Å². The number of hydrogen-bond donors (Lipinski definition) is 2. The molecular formula is C26H32N8O3S. The molecule has 0 aliphatic carbocycles. The van der Waals surface area contributed by atoms with Crippen LogP contribution in [0.4, 0.5) is 22.1 Å². The monoisotopic (exact) mass is 536 g/mol. The fourth-order valence-electron chi connectivity index (χ4n) is 4.99. The Labute approximate surface area is 226 Å². The van der Waals surface area contributed by atoms with Crippen molar-refractivity contribution < 1.29 is 14.3 Å². The highest BCUT2D eigenvalue weighted by molar-refractivity contribution is 7.99. The summed E-state index contributed by atoms with van der Waals surface area (Å²) in [6.45, 7) is 2.80. The van der Waals surface area contributed by atoms with E-state index in [9.17, 15) is 14.9 Å². The number of aryl methyl sites for hydroxylation is 1. The average molecular weight is 537 g/mol. The number of aromatic nitrogens is 2. The lowest BCUT2D eigenvalue weighted by molar-refractivity contribution is -0.136. The van der Waals surface area contributed by atoms with Crippen molar-refractivity contribution in [1.29, 1.82) is 5.26 Å². The molecule has 1 unspecified atom stereocenters. The van der Waals surface area contributed by atoms with Crippen LogP contribution in [-0.2, 0) is 17.8 Å². The van der Waals surface area contributed by atoms with Crippen molar-refractivity contribution in [2.45, 2.75) is 31.8 Å². The smallest absolute Gasteiger partial charge is 0.328 e. The number of rotatable bonds is 6. The van der Waals surface area contributed by atoms with Gasteiger partial charge in [-0.1, -0.05) is 0 Å². The van der Waals surface area contributed by atoms with E-state index in [0.29, 0.717) is 61.0 Å². The van der Waals surface area contributed by atoms with E-state index in [1.807, 2.05) is 34.7 Å². The van der Waals surface area contributed by atoms with Crippen molar-refractivity contribution in [1.82, 2.24) is 19.8 Å². The van der Waals surface area contributed by atoms with Crippen LogP contribution in [-0.4, -0.2) is 89.6 Å². The Bertz CT molecular complexity index is 1260. The number of nitrogens with zero attached hydrogens (tertiary/aromatic N) is 6. The van der Waals surface area contributed by atoms with Crippen LogP contribution in [0.1, 0.15) is 29.5 Å². The molecule has 11 nitrogen and oxygen atoms in total. The zero-order valence-corrected chi connectivity index (χ0v) is 22.5. The number of likely N-dealkylation sites (N-methyl/N-ethyl adjacent to an activating group) is 1. The second-order valence-electron chi connectivity index (χ2n) is 9.81. The molecule has 2 aromatic rings. The minimum atomic E-state index is -0.345. The van der Waals surface area contributed by atoms with Crippen LogP contribution < -0.4 is 20.3 Å². The van der Waals surface area contributed by atoms with Crippen LogP contribution in [0.5, 0.6) is 5.88 Å². The molecule has 5 rings (SSSR count). The second kappa shape index (κ2) is 11.4. The number of amides is 3. The van der Waals surface area contributed by atoms with E-state index < -0.39 is 0 Å². The molecule has 0 bridgehead atoms. The van der Waals surface area contributed by atoms with Crippen LogP contribution in [0.2, 0.25) is 0 Å². The fraction of sp³-hybridized carbons (Fsp3) is 0.500. The Balaban J connectivity index is 1.34. The third kappa shape index (κ3) is 5.63. The van der Waals surface area contributed by atoms with Crippen molar-refractivity contribution >= 4 is 41.0 Å². The molecule has 0 radical (unpaired) electrons. The number of thioether (sulfide) groups is 1. The molecule has 200 valence electrons. The quantitative estimate of drug-likeness (QED) is 0.573. The summed E-state index contributed by atoms with van der Waals surface area (Å²) in [7, 11) is 3.49. The lowest BCUT2D eigenvalue weighted by atomic mass is 10.0. The predicted octanol–water partition coefficient (Wildman–Crippen LogP) is 2.53. The van der Waals surface area contributed by atoms with Gasteiger partial charge in [-0.3, -0.25) is 19.9 Å². The first-order valence-electron chi connectivity index (χ1n) is 12.8. The number of ether oxygens (including phenoxy) is 1. The van der Waals surface area contributed by atoms with E-state index >= 15 is 0 Å². The van der Waals surface area contributed by atoms with Gasteiger partial charge in [-0.15, -0.1) is 0 Å². The predicted molar refractivity (Wildman–Crippen MR) is 147 cm³/mol. The van der Waals surface area contributed by atoms with Crippen molar-refractivity contribution in [2.75, 3.05) is 67.4 Å². The van der Waals surface area contributed by atoms with Crippen molar-refractivity contribution in [3.05, 3.63) is 35.0 Å². The molecule has 2 aromatic heterocycles. The molecule has 3 aliphatic rings. The molecule has 0 spiro atoms. The van der Waals surface area contributed by atoms with Crippen LogP contribution in [0, 0.1) is 11.3 Å². The number of methoxy groups -OCH3 is 1. The Morgan fingerprint density at radius 3 is 2.92 bits per heavy atom. The maximum atomic E-state index is 13.4. The maximum Gasteiger partial charge on any atom is 0.328 e. The second-order valence-corrected chi connectivity index (χ2v) is 11.0. The summed E-state index contributed by atoms with van der Waals surface area (Å²) in [4.78, 5) is 40.3. The molecule has 38 heavy (non-hydrogen) atoms. The Hall–Kier alpha value is -3.56. The van der Waals surface area contributed by atoms with Crippen LogP contribution in [0.25, 0.3) is 0 Å². The lowest BCUT2D eigenvalue weighted by Gasteiger charge is -2.33. The molecule has 1 atom stereocenters. The van der Waals surface area contributed by atoms with Gasteiger partial charge < -0.3 is 15.0 Å². The van der Waals surface area contributed by atoms with E-state index in [1.165, 1.54) is 6.20 Å². The number of hydrogen-bond acceptors (Lipinski definition) is 9. The number of piperazine rings is 1. The molecule has 5 heterocycles. The van der Waals surface area contributed by atoms with Crippen molar-refractivity contribution in [2.24, 2.45) is 0 Å². The molecule has 3 aliphatic heterocycles. The van der Waals surface area contributed by atoms with Gasteiger partial charge in [0.1, 0.15) is 17.7 Å². The van der Waals surface area contributed by atoms with E-state index in [2.05, 4.69) is 21.7 Å². The zero-order chi connectivity index (χ0) is 26.6. The van der Waals surface area contributed by atoms with Gasteiger partial charge in [0.25, 0.3) is 0 Å². The first-order chi connectivity index (χ1) is 18.4. The summed E-state index contributed by atoms with van der Waals surface area (Å²) in [6, 6.07) is 5.84. The van der Waals surface area contributed by atoms with E-state index in [-0.39, 0.29) is 11.9 Å². The van der Waals surface area contributed by atoms with Crippen molar-refractivity contribution in [3.63, 3.8) is 0 Å². The van der Waals surface area contributed by atoms with Gasteiger partial charge in [-0.2, -0.15) is 22.0 Å². The third-order valence-corrected chi connectivity index (χ3v) is 8.22. The molecule has 0 saturated carbocycles. The number of carbonyl (C=O) groups excluding carboxylic acids is 2. The highest BCUT2D eigenvalue weighted by Crippen LogP contribution is 2.32. The molecule has 2 N–H and O–H groups in total. The van der Waals surface area contributed by atoms with E-state index in [0.717, 1.165) is 48.4 Å². The van der Waals surface area contributed by atoms with Gasteiger partial charge in [0, 0.05) is 49.3 Å². The highest BCUT2D eigenvalue weighted by atomic mass is 32.2. The number of nitriles is 1. The number of urea groups is 1. The first-order valence-corrected chi connectivity index (χ1v) is 14.0. The number of pyridine rings is 2. The summed E-state index contributed by atoms with van der Waals surface area (Å²) in [5.41, 5.74) is 2.90. The van der Waals surface area contributed by atoms with Gasteiger partial charge in [-0.25, -0.2) is 9.78 Å². The van der Waals surface area contributed by atoms with Gasteiger partial charge in [0.05, 0.1) is 31.5 Å².